The van der Waals surface area contributed by atoms with Crippen molar-refractivity contribution in [3.63, 3.8) is 0 Å². The van der Waals surface area contributed by atoms with Gasteiger partial charge in [0.1, 0.15) is 17.0 Å². The fourth-order valence-electron chi connectivity index (χ4n) is 2.80. The van der Waals surface area contributed by atoms with Gasteiger partial charge in [0.15, 0.2) is 11.5 Å². The van der Waals surface area contributed by atoms with Crippen LogP contribution in [0.25, 0.3) is 10.6 Å². The molecule has 2 aromatic heterocycles. The average molecular weight is 354 g/mol. The molecule has 126 valence electrons. The maximum Gasteiger partial charge on any atom is 0.261 e. The first-order valence-electron chi connectivity index (χ1n) is 7.75. The number of thiophene rings is 1. The molecule has 0 spiro atoms. The van der Waals surface area contributed by atoms with E-state index < -0.39 is 0 Å². The van der Waals surface area contributed by atoms with Crippen LogP contribution >= 0.6 is 11.3 Å². The summed E-state index contributed by atoms with van der Waals surface area (Å²) in [6.07, 6.45) is 0.345. The maximum absolute atomic E-state index is 12.8. The molecule has 4 rings (SSSR count). The summed E-state index contributed by atoms with van der Waals surface area (Å²) in [7, 11) is 0. The lowest BCUT2D eigenvalue weighted by atomic mass is 10.0. The number of hydrogen-bond acceptors (Lipinski definition) is 6. The molecule has 0 aliphatic carbocycles. The number of para-hydroxylation sites is 1. The molecule has 0 radical (unpaired) electrons. The van der Waals surface area contributed by atoms with Gasteiger partial charge in [0.25, 0.3) is 5.91 Å². The van der Waals surface area contributed by atoms with Crippen molar-refractivity contribution in [1.29, 1.82) is 0 Å². The fourth-order valence-corrected chi connectivity index (χ4v) is 3.51. The number of rotatable bonds is 3. The van der Waals surface area contributed by atoms with Crippen LogP contribution in [0.2, 0.25) is 0 Å². The number of fused-ring (bicyclic) bond motifs is 1. The molecule has 0 saturated heterocycles. The molecule has 1 aromatic carbocycles. The first kappa shape index (κ1) is 15.6. The van der Waals surface area contributed by atoms with Crippen LogP contribution < -0.4 is 10.1 Å². The minimum Gasteiger partial charge on any atom is -0.490 e. The second-order valence-corrected chi connectivity index (χ2v) is 6.55. The highest BCUT2D eigenvalue weighted by molar-refractivity contribution is 7.13. The zero-order valence-corrected chi connectivity index (χ0v) is 14.2. The number of ketones is 1. The number of carbonyl (C=O) groups is 2. The summed E-state index contributed by atoms with van der Waals surface area (Å²) in [4.78, 5) is 25.7. The third-order valence-corrected chi connectivity index (χ3v) is 4.86. The molecule has 0 atom stereocenters. The molecule has 6 nitrogen and oxygen atoms in total. The summed E-state index contributed by atoms with van der Waals surface area (Å²) in [5, 5.41) is 8.75. The number of hydrogen-bond donors (Lipinski definition) is 1. The van der Waals surface area contributed by atoms with Crippen LogP contribution in [0.1, 0.15) is 32.9 Å². The number of nitrogens with one attached hydrogen (secondary N) is 1. The van der Waals surface area contributed by atoms with Crippen LogP contribution in [0.5, 0.6) is 5.75 Å². The highest BCUT2D eigenvalue weighted by Gasteiger charge is 2.26. The summed E-state index contributed by atoms with van der Waals surface area (Å²) in [5.74, 6) is 0.511. The van der Waals surface area contributed by atoms with Gasteiger partial charge in [0.2, 0.25) is 0 Å². The number of ether oxygens (including phenoxy) is 1. The monoisotopic (exact) mass is 354 g/mol. The Bertz CT molecular complexity index is 960. The molecule has 0 unspecified atom stereocenters. The molecule has 0 fully saturated rings. The van der Waals surface area contributed by atoms with Gasteiger partial charge >= 0.3 is 0 Å². The number of benzene rings is 1. The van der Waals surface area contributed by atoms with Crippen molar-refractivity contribution in [2.45, 2.75) is 13.3 Å². The van der Waals surface area contributed by atoms with Gasteiger partial charge in [-0.05, 0) is 30.5 Å². The van der Waals surface area contributed by atoms with E-state index in [-0.39, 0.29) is 11.7 Å². The van der Waals surface area contributed by atoms with Gasteiger partial charge in [0.05, 0.1) is 22.7 Å². The molecule has 3 aromatic rings. The molecule has 1 N–H and O–H groups in total. The molecule has 1 aliphatic rings. The molecule has 0 bridgehead atoms. The average Bonchev–Trinajstić information content (AvgIpc) is 3.25. The van der Waals surface area contributed by atoms with Gasteiger partial charge in [-0.3, -0.25) is 9.59 Å². The molecular formula is C18H14N2O4S. The van der Waals surface area contributed by atoms with Crippen LogP contribution in [-0.4, -0.2) is 23.5 Å². The molecule has 1 amide bonds. The second kappa shape index (κ2) is 6.18. The van der Waals surface area contributed by atoms with Gasteiger partial charge in [-0.25, -0.2) is 0 Å². The Balaban J connectivity index is 1.70. The van der Waals surface area contributed by atoms with Crippen molar-refractivity contribution in [1.82, 2.24) is 5.16 Å². The van der Waals surface area contributed by atoms with Crippen LogP contribution in [0.15, 0.2) is 40.2 Å². The molecule has 1 aliphatic heterocycles. The summed E-state index contributed by atoms with van der Waals surface area (Å²) in [6.45, 7) is 2.00. The Morgan fingerprint density at radius 2 is 2.16 bits per heavy atom. The molecule has 3 heterocycles. The second-order valence-electron chi connectivity index (χ2n) is 5.60. The van der Waals surface area contributed by atoms with Crippen LogP contribution in [0, 0.1) is 6.92 Å². The van der Waals surface area contributed by atoms with Crippen molar-refractivity contribution in [2.75, 3.05) is 11.9 Å². The fraction of sp³-hybridized carbons (Fsp3) is 0.167. The third-order valence-electron chi connectivity index (χ3n) is 3.98. The van der Waals surface area contributed by atoms with E-state index in [4.69, 9.17) is 9.26 Å². The van der Waals surface area contributed by atoms with Gasteiger partial charge in [-0.15, -0.1) is 11.3 Å². The van der Waals surface area contributed by atoms with Gasteiger partial charge < -0.3 is 14.6 Å². The van der Waals surface area contributed by atoms with Crippen molar-refractivity contribution < 1.29 is 18.8 Å². The van der Waals surface area contributed by atoms with Crippen LogP contribution in [0.4, 0.5) is 5.69 Å². The van der Waals surface area contributed by atoms with Gasteiger partial charge in [-0.1, -0.05) is 17.3 Å². The van der Waals surface area contributed by atoms with E-state index in [2.05, 4.69) is 10.5 Å². The topological polar surface area (TPSA) is 81.4 Å². The minimum atomic E-state index is -0.350. The summed E-state index contributed by atoms with van der Waals surface area (Å²) in [5.41, 5.74) is 1.84. The molecular weight excluding hydrogens is 340 g/mol. The highest BCUT2D eigenvalue weighted by Crippen LogP contribution is 2.34. The zero-order chi connectivity index (χ0) is 17.4. The highest BCUT2D eigenvalue weighted by atomic mass is 32.1. The van der Waals surface area contributed by atoms with Crippen molar-refractivity contribution >= 4 is 28.7 Å². The summed E-state index contributed by atoms with van der Waals surface area (Å²) < 4.78 is 10.8. The van der Waals surface area contributed by atoms with Crippen molar-refractivity contribution in [3.8, 4) is 16.3 Å². The Morgan fingerprint density at radius 3 is 2.96 bits per heavy atom. The van der Waals surface area contributed by atoms with E-state index in [0.29, 0.717) is 47.0 Å². The van der Waals surface area contributed by atoms with Crippen molar-refractivity contribution in [2.24, 2.45) is 0 Å². The lowest BCUT2D eigenvalue weighted by Crippen LogP contribution is -2.19. The van der Waals surface area contributed by atoms with E-state index in [0.717, 1.165) is 4.88 Å². The van der Waals surface area contributed by atoms with E-state index >= 15 is 0 Å². The lowest BCUT2D eigenvalue weighted by Gasteiger charge is -2.19. The van der Waals surface area contributed by atoms with Crippen molar-refractivity contribution in [3.05, 3.63) is 52.6 Å². The molecule has 7 heteroatoms. The zero-order valence-electron chi connectivity index (χ0n) is 13.4. The summed E-state index contributed by atoms with van der Waals surface area (Å²) in [6, 6.07) is 8.91. The van der Waals surface area contributed by atoms with Gasteiger partial charge in [-0.2, -0.15) is 0 Å². The maximum atomic E-state index is 12.8. The third kappa shape index (κ3) is 2.72. The van der Waals surface area contributed by atoms with E-state index in [1.54, 1.807) is 25.1 Å². The quantitative estimate of drug-likeness (QED) is 0.771. The van der Waals surface area contributed by atoms with E-state index in [1.165, 1.54) is 11.3 Å². The first-order chi connectivity index (χ1) is 12.1. The van der Waals surface area contributed by atoms with Crippen LogP contribution in [0.3, 0.4) is 0 Å². The number of Topliss-reactive ketones (excluding diaryl/α,β-unsaturated/α-hetero) is 1. The summed E-state index contributed by atoms with van der Waals surface area (Å²) >= 11 is 1.48. The van der Waals surface area contributed by atoms with E-state index in [9.17, 15) is 9.59 Å². The Morgan fingerprint density at radius 1 is 1.28 bits per heavy atom. The molecule has 0 saturated carbocycles. The Labute approximate surface area is 147 Å². The smallest absolute Gasteiger partial charge is 0.261 e. The largest absolute Gasteiger partial charge is 0.490 e. The number of nitrogens with zero attached hydrogens (tertiary/aromatic N) is 1. The lowest BCUT2D eigenvalue weighted by molar-refractivity contribution is 0.0931. The Hall–Kier alpha value is -2.93. The predicted molar refractivity (Wildman–Crippen MR) is 93.4 cm³/mol. The van der Waals surface area contributed by atoms with Gasteiger partial charge in [0, 0.05) is 6.42 Å². The number of anilines is 1. The minimum absolute atomic E-state index is 0.0118. The predicted octanol–water partition coefficient (Wildman–Crippen LogP) is 3.93. The van der Waals surface area contributed by atoms with E-state index in [1.807, 2.05) is 17.5 Å². The Kier molecular flexibility index (Phi) is 3.85. The first-order valence-corrected chi connectivity index (χ1v) is 8.63. The number of amides is 1. The number of aromatic nitrogens is 1. The number of aryl methyl sites for hydroxylation is 1. The number of carbonyl (C=O) groups excluding carboxylic acids is 2. The van der Waals surface area contributed by atoms with Crippen LogP contribution in [-0.2, 0) is 0 Å². The molecule has 25 heavy (non-hydrogen) atoms. The SMILES string of the molecule is Cc1onc(-c2cccs2)c1C(=O)Nc1cccc2c1OCCC2=O. The normalized spacial score (nSPS) is 13.2. The standard InChI is InChI=1S/C18H14N2O4S/c1-10-15(16(20-24-10)14-6-3-9-25-14)18(22)19-12-5-2-4-11-13(21)7-8-23-17(11)12/h2-6,9H,7-8H2,1H3,(H,19,22).